The fourth-order valence-corrected chi connectivity index (χ4v) is 3.39. The molecular weight excluding hydrogens is 280 g/mol. The van der Waals surface area contributed by atoms with Crippen LogP contribution in [0.3, 0.4) is 0 Å². The second-order valence-corrected chi connectivity index (χ2v) is 6.31. The number of aryl methyl sites for hydroxylation is 1. The van der Waals surface area contributed by atoms with Crippen molar-refractivity contribution < 1.29 is 9.53 Å². The molecule has 22 heavy (non-hydrogen) atoms. The molecule has 0 spiro atoms. The lowest BCUT2D eigenvalue weighted by Gasteiger charge is -2.29. The highest BCUT2D eigenvalue weighted by atomic mass is 16.5. The van der Waals surface area contributed by atoms with Crippen LogP contribution in [0.15, 0.2) is 12.4 Å². The quantitative estimate of drug-likeness (QED) is 0.811. The Balaban J connectivity index is 1.47. The molecule has 2 aliphatic rings. The number of carbonyl (C=O) groups excluding carboxylic acids is 1. The van der Waals surface area contributed by atoms with Crippen LogP contribution in [0.25, 0.3) is 0 Å². The van der Waals surface area contributed by atoms with Crippen LogP contribution in [0, 0.1) is 6.92 Å². The van der Waals surface area contributed by atoms with Gasteiger partial charge >= 0.3 is 0 Å². The van der Waals surface area contributed by atoms with Crippen LogP contribution in [0.5, 0.6) is 0 Å². The lowest BCUT2D eigenvalue weighted by atomic mass is 10.2. The molecule has 0 aliphatic carbocycles. The van der Waals surface area contributed by atoms with Gasteiger partial charge in [0.2, 0.25) is 5.91 Å². The van der Waals surface area contributed by atoms with E-state index in [9.17, 15) is 4.79 Å². The molecular formula is C16H26N4O2. The predicted octanol–water partition coefficient (Wildman–Crippen LogP) is 0.905. The van der Waals surface area contributed by atoms with E-state index in [2.05, 4.69) is 23.1 Å². The van der Waals surface area contributed by atoms with Crippen molar-refractivity contribution in [3.05, 3.63) is 18.0 Å². The third kappa shape index (κ3) is 3.87. The average molecular weight is 306 g/mol. The molecule has 3 rings (SSSR count). The van der Waals surface area contributed by atoms with E-state index in [1.165, 1.54) is 18.4 Å². The molecule has 0 bridgehead atoms. The number of nitrogens with zero attached hydrogens (tertiary/aromatic N) is 4. The summed E-state index contributed by atoms with van der Waals surface area (Å²) in [4.78, 5) is 16.6. The van der Waals surface area contributed by atoms with E-state index < -0.39 is 0 Å². The molecule has 6 heteroatoms. The highest BCUT2D eigenvalue weighted by Gasteiger charge is 2.26. The summed E-state index contributed by atoms with van der Waals surface area (Å²) in [5.41, 5.74) is 1.20. The van der Waals surface area contributed by atoms with Crippen LogP contribution in [-0.4, -0.2) is 70.9 Å². The fourth-order valence-electron chi connectivity index (χ4n) is 3.39. The third-order valence-electron chi connectivity index (χ3n) is 4.64. The molecule has 1 aromatic rings. The maximum absolute atomic E-state index is 12.2. The van der Waals surface area contributed by atoms with Gasteiger partial charge in [0.25, 0.3) is 0 Å². The van der Waals surface area contributed by atoms with Gasteiger partial charge in [0.15, 0.2) is 0 Å². The topological polar surface area (TPSA) is 50.6 Å². The smallest absolute Gasteiger partial charge is 0.224 e. The zero-order valence-corrected chi connectivity index (χ0v) is 13.4. The van der Waals surface area contributed by atoms with Gasteiger partial charge in [0, 0.05) is 38.3 Å². The van der Waals surface area contributed by atoms with E-state index in [1.54, 1.807) is 0 Å². The molecule has 6 nitrogen and oxygen atoms in total. The zero-order valence-electron chi connectivity index (χ0n) is 13.4. The molecule has 0 unspecified atom stereocenters. The van der Waals surface area contributed by atoms with Crippen LogP contribution in [0.2, 0.25) is 0 Å². The van der Waals surface area contributed by atoms with E-state index in [0.29, 0.717) is 25.7 Å². The predicted molar refractivity (Wildman–Crippen MR) is 83.6 cm³/mol. The van der Waals surface area contributed by atoms with Crippen molar-refractivity contribution in [2.24, 2.45) is 0 Å². The largest absolute Gasteiger partial charge is 0.378 e. The Hall–Kier alpha value is -1.40. The maximum Gasteiger partial charge on any atom is 0.224 e. The SMILES string of the molecule is Cc1cnn(C[C@@H]2CCCN2CCC(=O)N2CCOCC2)c1. The molecule has 3 heterocycles. The Kier molecular flexibility index (Phi) is 5.10. The summed E-state index contributed by atoms with van der Waals surface area (Å²) in [7, 11) is 0. The van der Waals surface area contributed by atoms with Gasteiger partial charge in [-0.3, -0.25) is 14.4 Å². The van der Waals surface area contributed by atoms with E-state index >= 15 is 0 Å². The van der Waals surface area contributed by atoms with Crippen molar-refractivity contribution in [2.75, 3.05) is 39.4 Å². The highest BCUT2D eigenvalue weighted by molar-refractivity contribution is 5.76. The fraction of sp³-hybridized carbons (Fsp3) is 0.750. The van der Waals surface area contributed by atoms with E-state index in [0.717, 1.165) is 32.7 Å². The number of ether oxygens (including phenoxy) is 1. The Morgan fingerprint density at radius 3 is 2.91 bits per heavy atom. The van der Waals surface area contributed by atoms with Gasteiger partial charge < -0.3 is 9.64 Å². The second-order valence-electron chi connectivity index (χ2n) is 6.31. The van der Waals surface area contributed by atoms with Crippen LogP contribution in [0.4, 0.5) is 0 Å². The first-order chi connectivity index (χ1) is 10.7. The van der Waals surface area contributed by atoms with Crippen molar-refractivity contribution in [1.82, 2.24) is 19.6 Å². The summed E-state index contributed by atoms with van der Waals surface area (Å²) in [5.74, 6) is 0.267. The standard InChI is InChI=1S/C16H26N4O2/c1-14-11-17-20(12-14)13-15-3-2-5-18(15)6-4-16(21)19-7-9-22-10-8-19/h11-12,15H,2-10,13H2,1H3/t15-/m0/s1. The molecule has 0 radical (unpaired) electrons. The van der Waals surface area contributed by atoms with Crippen molar-refractivity contribution >= 4 is 5.91 Å². The van der Waals surface area contributed by atoms with Crippen LogP contribution in [0.1, 0.15) is 24.8 Å². The molecule has 2 saturated heterocycles. The Bertz CT molecular complexity index is 496. The van der Waals surface area contributed by atoms with Gasteiger partial charge in [-0.1, -0.05) is 0 Å². The minimum Gasteiger partial charge on any atom is -0.378 e. The first kappa shape index (κ1) is 15.5. The first-order valence-electron chi connectivity index (χ1n) is 8.31. The first-order valence-corrected chi connectivity index (χ1v) is 8.31. The van der Waals surface area contributed by atoms with E-state index in [1.807, 2.05) is 15.8 Å². The average Bonchev–Trinajstić information content (AvgIpc) is 3.15. The van der Waals surface area contributed by atoms with E-state index in [4.69, 9.17) is 4.74 Å². The summed E-state index contributed by atoms with van der Waals surface area (Å²) >= 11 is 0. The minimum absolute atomic E-state index is 0.267. The van der Waals surface area contributed by atoms with Crippen LogP contribution < -0.4 is 0 Å². The Morgan fingerprint density at radius 1 is 1.36 bits per heavy atom. The van der Waals surface area contributed by atoms with Gasteiger partial charge in [0.05, 0.1) is 26.0 Å². The lowest BCUT2D eigenvalue weighted by molar-refractivity contribution is -0.135. The molecule has 1 amide bonds. The van der Waals surface area contributed by atoms with Gasteiger partial charge in [-0.15, -0.1) is 0 Å². The van der Waals surface area contributed by atoms with Crippen molar-refractivity contribution in [3.63, 3.8) is 0 Å². The molecule has 2 aliphatic heterocycles. The second kappa shape index (κ2) is 7.24. The number of likely N-dealkylation sites (tertiary alicyclic amines) is 1. The van der Waals surface area contributed by atoms with Gasteiger partial charge in [-0.2, -0.15) is 5.10 Å². The normalized spacial score (nSPS) is 23.1. The molecule has 2 fully saturated rings. The number of rotatable bonds is 5. The lowest BCUT2D eigenvalue weighted by Crippen LogP contribution is -2.42. The van der Waals surface area contributed by atoms with Crippen LogP contribution >= 0.6 is 0 Å². The summed E-state index contributed by atoms with van der Waals surface area (Å²) < 4.78 is 7.33. The maximum atomic E-state index is 12.2. The summed E-state index contributed by atoms with van der Waals surface area (Å²) in [6.45, 7) is 7.80. The Morgan fingerprint density at radius 2 is 2.18 bits per heavy atom. The van der Waals surface area contributed by atoms with Gasteiger partial charge in [0.1, 0.15) is 0 Å². The van der Waals surface area contributed by atoms with Gasteiger partial charge in [-0.05, 0) is 31.9 Å². The summed E-state index contributed by atoms with van der Waals surface area (Å²) in [6.07, 6.45) is 7.03. The molecule has 122 valence electrons. The molecule has 1 aromatic heterocycles. The molecule has 0 saturated carbocycles. The highest BCUT2D eigenvalue weighted by Crippen LogP contribution is 2.19. The van der Waals surface area contributed by atoms with E-state index in [-0.39, 0.29) is 5.91 Å². The minimum atomic E-state index is 0.267. The third-order valence-corrected chi connectivity index (χ3v) is 4.64. The molecule has 0 N–H and O–H groups in total. The number of morpholine rings is 1. The number of hydrogen-bond donors (Lipinski definition) is 0. The molecule has 1 atom stereocenters. The Labute approximate surface area is 132 Å². The van der Waals surface area contributed by atoms with Crippen molar-refractivity contribution in [2.45, 2.75) is 38.8 Å². The van der Waals surface area contributed by atoms with Crippen molar-refractivity contribution in [1.29, 1.82) is 0 Å². The number of aromatic nitrogens is 2. The molecule has 0 aromatic carbocycles. The zero-order chi connectivity index (χ0) is 15.4. The van der Waals surface area contributed by atoms with Crippen LogP contribution in [-0.2, 0) is 16.1 Å². The summed E-state index contributed by atoms with van der Waals surface area (Å²) in [5, 5.41) is 4.38. The number of hydrogen-bond acceptors (Lipinski definition) is 4. The van der Waals surface area contributed by atoms with Gasteiger partial charge in [-0.25, -0.2) is 0 Å². The summed E-state index contributed by atoms with van der Waals surface area (Å²) in [6, 6.07) is 0.511. The number of carbonyl (C=O) groups is 1. The van der Waals surface area contributed by atoms with Crippen molar-refractivity contribution in [3.8, 4) is 0 Å². The number of amides is 1. The monoisotopic (exact) mass is 306 g/mol.